The Hall–Kier alpha value is 0. The summed E-state index contributed by atoms with van der Waals surface area (Å²) in [5.74, 6) is 12.0. The molecule has 5 aliphatic carbocycles. The third-order valence-electron chi connectivity index (χ3n) is 16.5. The largest absolute Gasteiger partial charge is 0.0599 e. The molecule has 0 saturated heterocycles. The Labute approximate surface area is 290 Å². The monoisotopic (exact) mass is 637 g/mol. The van der Waals surface area contributed by atoms with Crippen LogP contribution in [0.1, 0.15) is 199 Å². The van der Waals surface area contributed by atoms with Gasteiger partial charge in [-0.25, -0.2) is 0 Å². The maximum Gasteiger partial charge on any atom is -0.0354 e. The Morgan fingerprint density at radius 2 is 0.370 bits per heavy atom. The first kappa shape index (κ1) is 37.3. The van der Waals surface area contributed by atoms with E-state index in [4.69, 9.17) is 0 Å². The summed E-state index contributed by atoms with van der Waals surface area (Å²) in [4.78, 5) is 0. The lowest BCUT2D eigenvalue weighted by atomic mass is 9.56. The van der Waals surface area contributed by atoms with Gasteiger partial charge in [0.25, 0.3) is 0 Å². The minimum Gasteiger partial charge on any atom is -0.0599 e. The van der Waals surface area contributed by atoms with Crippen LogP contribution in [0.25, 0.3) is 0 Å². The van der Waals surface area contributed by atoms with E-state index < -0.39 is 0 Å². The molecule has 5 rings (SSSR count). The van der Waals surface area contributed by atoms with Crippen LogP contribution < -0.4 is 0 Å². The molecule has 0 heterocycles. The Bertz CT molecular complexity index is 796. The van der Waals surface area contributed by atoms with Crippen molar-refractivity contribution >= 4 is 0 Å². The van der Waals surface area contributed by atoms with Crippen LogP contribution in [-0.4, -0.2) is 0 Å². The highest BCUT2D eigenvalue weighted by atomic mass is 14.5. The van der Waals surface area contributed by atoms with Crippen LogP contribution in [0.3, 0.4) is 0 Å². The molecule has 0 aromatic rings. The van der Waals surface area contributed by atoms with Crippen LogP contribution in [0, 0.1) is 92.7 Å². The van der Waals surface area contributed by atoms with Crippen molar-refractivity contribution in [2.24, 2.45) is 92.7 Å². The summed E-state index contributed by atoms with van der Waals surface area (Å²) in [7, 11) is 0. The molecule has 5 aliphatic rings. The van der Waals surface area contributed by atoms with Crippen LogP contribution in [-0.2, 0) is 0 Å². The van der Waals surface area contributed by atoms with E-state index in [0.717, 1.165) is 71.0 Å². The van der Waals surface area contributed by atoms with E-state index in [2.05, 4.69) is 83.1 Å². The maximum absolute atomic E-state index is 2.53. The first-order valence-corrected chi connectivity index (χ1v) is 21.3. The van der Waals surface area contributed by atoms with E-state index >= 15 is 0 Å². The second-order valence-electron chi connectivity index (χ2n) is 23.2. The Morgan fingerprint density at radius 1 is 0.217 bits per heavy atom. The molecule has 0 aliphatic heterocycles. The second-order valence-corrected chi connectivity index (χ2v) is 23.2. The second kappa shape index (κ2) is 14.3. The standard InChI is InChI=1S/C46H84/c1-43(2,3)39-25-37(26-40(29-39)44(4,5)6)35-21-17-33(18-22-35)31-13-15-32(16-14-31)34-19-23-36(24-20-34)38-27-41(45(7,8)9)30-42(28-38)46(10,11)12/h31-42H,13-30H2,1-12H3. The first-order chi connectivity index (χ1) is 21.3. The van der Waals surface area contributed by atoms with E-state index in [1.165, 1.54) is 38.5 Å². The van der Waals surface area contributed by atoms with Crippen molar-refractivity contribution < 1.29 is 0 Å². The molecular weight excluding hydrogens is 553 g/mol. The van der Waals surface area contributed by atoms with Crippen LogP contribution in [0.5, 0.6) is 0 Å². The smallest absolute Gasteiger partial charge is 0.0354 e. The van der Waals surface area contributed by atoms with Gasteiger partial charge in [0.15, 0.2) is 0 Å². The first-order valence-electron chi connectivity index (χ1n) is 21.3. The van der Waals surface area contributed by atoms with Gasteiger partial charge in [-0.2, -0.15) is 0 Å². The summed E-state index contributed by atoms with van der Waals surface area (Å²) in [5, 5.41) is 0. The lowest BCUT2D eigenvalue weighted by molar-refractivity contribution is 0.00931. The van der Waals surface area contributed by atoms with Crippen LogP contribution in [0.15, 0.2) is 0 Å². The molecule has 4 unspecified atom stereocenters. The van der Waals surface area contributed by atoms with E-state index in [1.807, 2.05) is 0 Å². The third-order valence-corrected chi connectivity index (χ3v) is 16.5. The molecule has 0 amide bonds. The van der Waals surface area contributed by atoms with Crippen LogP contribution in [0.2, 0.25) is 0 Å². The van der Waals surface area contributed by atoms with Gasteiger partial charge in [-0.15, -0.1) is 0 Å². The topological polar surface area (TPSA) is 0 Å². The summed E-state index contributed by atoms with van der Waals surface area (Å²) in [5.41, 5.74) is 1.88. The molecule has 0 radical (unpaired) electrons. The summed E-state index contributed by atoms with van der Waals surface area (Å²) < 4.78 is 0. The highest BCUT2D eigenvalue weighted by Crippen LogP contribution is 2.55. The molecule has 0 heteroatoms. The molecule has 0 N–H and O–H groups in total. The molecule has 4 atom stereocenters. The predicted octanol–water partition coefficient (Wildman–Crippen LogP) is 14.7. The van der Waals surface area contributed by atoms with Crippen molar-refractivity contribution in [2.75, 3.05) is 0 Å². The van der Waals surface area contributed by atoms with Crippen molar-refractivity contribution in [1.82, 2.24) is 0 Å². The van der Waals surface area contributed by atoms with E-state index in [0.29, 0.717) is 21.7 Å². The van der Waals surface area contributed by atoms with Gasteiger partial charge in [0, 0.05) is 0 Å². The van der Waals surface area contributed by atoms with Crippen molar-refractivity contribution in [2.45, 2.75) is 199 Å². The van der Waals surface area contributed by atoms with Crippen LogP contribution >= 0.6 is 0 Å². The van der Waals surface area contributed by atoms with E-state index in [9.17, 15) is 0 Å². The van der Waals surface area contributed by atoms with E-state index in [1.54, 1.807) is 77.0 Å². The van der Waals surface area contributed by atoms with Crippen LogP contribution in [0.4, 0.5) is 0 Å². The zero-order valence-electron chi connectivity index (χ0n) is 33.7. The average Bonchev–Trinajstić information content (AvgIpc) is 2.99. The van der Waals surface area contributed by atoms with Gasteiger partial charge in [0.05, 0.1) is 0 Å². The molecule has 0 nitrogen and oxygen atoms in total. The SMILES string of the molecule is CC(C)(C)C1CC(C2CCC(C3CCC(C4CCC(C5CC(C(C)(C)C)CC(C(C)(C)C)C5)CC4)CC3)CC2)CC(C(C)(C)C)C1. The lowest BCUT2D eigenvalue weighted by Gasteiger charge is -2.49. The Kier molecular flexibility index (Phi) is 11.6. The Morgan fingerprint density at radius 3 is 0.522 bits per heavy atom. The van der Waals surface area contributed by atoms with Gasteiger partial charge in [-0.3, -0.25) is 0 Å². The van der Waals surface area contributed by atoms with E-state index in [-0.39, 0.29) is 0 Å². The van der Waals surface area contributed by atoms with Crippen molar-refractivity contribution in [3.8, 4) is 0 Å². The molecule has 0 spiro atoms. The number of hydrogen-bond donors (Lipinski definition) is 0. The number of hydrogen-bond acceptors (Lipinski definition) is 0. The van der Waals surface area contributed by atoms with Crippen molar-refractivity contribution in [3.63, 3.8) is 0 Å². The third kappa shape index (κ3) is 9.21. The normalized spacial score (nSPS) is 42.5. The molecule has 46 heavy (non-hydrogen) atoms. The molecular formula is C46H84. The lowest BCUT2D eigenvalue weighted by Crippen LogP contribution is -2.39. The molecule has 0 aromatic heterocycles. The summed E-state index contributed by atoms with van der Waals surface area (Å²) in [6.07, 6.45) is 27.8. The van der Waals surface area contributed by atoms with Crippen molar-refractivity contribution in [1.29, 1.82) is 0 Å². The quantitative estimate of drug-likeness (QED) is 0.288. The van der Waals surface area contributed by atoms with Crippen molar-refractivity contribution in [3.05, 3.63) is 0 Å². The van der Waals surface area contributed by atoms with Gasteiger partial charge >= 0.3 is 0 Å². The maximum atomic E-state index is 2.53. The van der Waals surface area contributed by atoms with Gasteiger partial charge < -0.3 is 0 Å². The van der Waals surface area contributed by atoms with Gasteiger partial charge in [-0.1, -0.05) is 83.1 Å². The van der Waals surface area contributed by atoms with Gasteiger partial charge in [0.1, 0.15) is 0 Å². The fourth-order valence-electron chi connectivity index (χ4n) is 12.6. The van der Waals surface area contributed by atoms with Gasteiger partial charge in [0.2, 0.25) is 0 Å². The minimum absolute atomic E-state index is 0.470. The number of rotatable bonds is 4. The van der Waals surface area contributed by atoms with Gasteiger partial charge in [-0.05, 0) is 208 Å². The highest BCUT2D eigenvalue weighted by Gasteiger charge is 2.45. The summed E-state index contributed by atoms with van der Waals surface area (Å²) >= 11 is 0. The fraction of sp³-hybridized carbons (Fsp3) is 1.00. The summed E-state index contributed by atoms with van der Waals surface area (Å²) in [6.45, 7) is 30.3. The molecule has 5 fully saturated rings. The highest BCUT2D eigenvalue weighted by molar-refractivity contribution is 4.95. The Balaban J connectivity index is 1.06. The predicted molar refractivity (Wildman–Crippen MR) is 203 cm³/mol. The fourth-order valence-corrected chi connectivity index (χ4v) is 12.6. The zero-order valence-corrected chi connectivity index (χ0v) is 33.7. The molecule has 0 aromatic carbocycles. The molecule has 268 valence electrons. The zero-order chi connectivity index (χ0) is 33.7. The minimum atomic E-state index is 0.470. The molecule has 0 bridgehead atoms. The average molecular weight is 637 g/mol. The summed E-state index contributed by atoms with van der Waals surface area (Å²) in [6, 6.07) is 0. The molecule has 5 saturated carbocycles.